The number of urea groups is 1. The zero-order valence-corrected chi connectivity index (χ0v) is 22.5. The first-order valence-electron chi connectivity index (χ1n) is 13.1. The summed E-state index contributed by atoms with van der Waals surface area (Å²) in [5, 5.41) is 17.7. The number of nitriles is 1. The van der Waals surface area contributed by atoms with Crippen LogP contribution in [0.5, 0.6) is 5.75 Å². The molecular formula is C30H34N6O3. The van der Waals surface area contributed by atoms with Gasteiger partial charge >= 0.3 is 6.03 Å². The third kappa shape index (κ3) is 6.79. The van der Waals surface area contributed by atoms with Crippen LogP contribution in [0.2, 0.25) is 0 Å². The zero-order valence-electron chi connectivity index (χ0n) is 22.5. The van der Waals surface area contributed by atoms with Crippen molar-refractivity contribution in [3.05, 3.63) is 77.9 Å². The summed E-state index contributed by atoms with van der Waals surface area (Å²) in [5.74, 6) is 0.657. The molecular weight excluding hydrogens is 492 g/mol. The highest BCUT2D eigenvalue weighted by atomic mass is 16.5. The van der Waals surface area contributed by atoms with E-state index in [1.807, 2.05) is 38.1 Å². The van der Waals surface area contributed by atoms with E-state index in [1.165, 1.54) is 0 Å². The number of methoxy groups -OCH3 is 1. The van der Waals surface area contributed by atoms with Crippen molar-refractivity contribution in [3.63, 3.8) is 0 Å². The van der Waals surface area contributed by atoms with Gasteiger partial charge < -0.3 is 30.5 Å². The number of rotatable bonds is 8. The zero-order chi connectivity index (χ0) is 27.8. The molecule has 3 N–H and O–H groups in total. The highest BCUT2D eigenvalue weighted by Crippen LogP contribution is 2.31. The largest absolute Gasteiger partial charge is 0.495 e. The smallest absolute Gasteiger partial charge is 0.323 e. The van der Waals surface area contributed by atoms with Crippen LogP contribution < -0.4 is 30.5 Å². The van der Waals surface area contributed by atoms with Crippen molar-refractivity contribution >= 4 is 34.7 Å². The van der Waals surface area contributed by atoms with Crippen molar-refractivity contribution < 1.29 is 14.3 Å². The summed E-state index contributed by atoms with van der Waals surface area (Å²) in [6.45, 7) is 6.99. The van der Waals surface area contributed by atoms with Crippen LogP contribution in [0, 0.1) is 11.3 Å². The number of carbonyl (C=O) groups excluding carboxylic acids is 2. The van der Waals surface area contributed by atoms with Gasteiger partial charge in [-0.2, -0.15) is 5.26 Å². The van der Waals surface area contributed by atoms with Crippen LogP contribution in [0.25, 0.3) is 0 Å². The predicted octanol–water partition coefficient (Wildman–Crippen LogP) is 5.07. The highest BCUT2D eigenvalue weighted by Gasteiger charge is 2.24. The number of para-hydroxylation sites is 2. The van der Waals surface area contributed by atoms with Crippen LogP contribution >= 0.6 is 0 Å². The van der Waals surface area contributed by atoms with Crippen molar-refractivity contribution in [2.24, 2.45) is 0 Å². The SMILES string of the molecule is CCC(C)NC(=O)c1cc(NC(=O)Nc2cccc(C#N)c2)ccc1N1CCN(c2ccccc2OC)CC1. The monoisotopic (exact) mass is 526 g/mol. The summed E-state index contributed by atoms with van der Waals surface area (Å²) in [5.41, 5.74) is 3.83. The first kappa shape index (κ1) is 27.3. The van der Waals surface area contributed by atoms with Crippen LogP contribution in [-0.2, 0) is 0 Å². The summed E-state index contributed by atoms with van der Waals surface area (Å²) in [4.78, 5) is 30.5. The molecule has 39 heavy (non-hydrogen) atoms. The fourth-order valence-electron chi connectivity index (χ4n) is 4.51. The molecule has 1 atom stereocenters. The van der Waals surface area contributed by atoms with E-state index in [-0.39, 0.29) is 11.9 Å². The average Bonchev–Trinajstić information content (AvgIpc) is 2.97. The highest BCUT2D eigenvalue weighted by molar-refractivity contribution is 6.04. The predicted molar refractivity (Wildman–Crippen MR) is 155 cm³/mol. The molecule has 3 amide bonds. The van der Waals surface area contributed by atoms with Gasteiger partial charge in [0.05, 0.1) is 30.0 Å². The number of carbonyl (C=O) groups is 2. The van der Waals surface area contributed by atoms with Gasteiger partial charge in [0, 0.05) is 49.3 Å². The maximum absolute atomic E-state index is 13.3. The van der Waals surface area contributed by atoms with E-state index < -0.39 is 6.03 Å². The molecule has 1 aliphatic rings. The van der Waals surface area contributed by atoms with Gasteiger partial charge in [0.15, 0.2) is 0 Å². The van der Waals surface area contributed by atoms with Crippen LogP contribution in [0.1, 0.15) is 36.2 Å². The van der Waals surface area contributed by atoms with E-state index in [1.54, 1.807) is 43.5 Å². The molecule has 9 nitrogen and oxygen atoms in total. The second-order valence-corrected chi connectivity index (χ2v) is 9.43. The van der Waals surface area contributed by atoms with Crippen LogP contribution in [0.3, 0.4) is 0 Å². The Kier molecular flexibility index (Phi) is 8.90. The number of piperazine rings is 1. The minimum absolute atomic E-state index is 0.0140. The Bertz CT molecular complexity index is 1360. The maximum atomic E-state index is 13.3. The van der Waals surface area contributed by atoms with Crippen molar-refractivity contribution in [2.75, 3.05) is 53.7 Å². The van der Waals surface area contributed by atoms with E-state index in [0.717, 1.165) is 49.7 Å². The second kappa shape index (κ2) is 12.7. The molecule has 3 aromatic carbocycles. The van der Waals surface area contributed by atoms with Gasteiger partial charge in [-0.15, -0.1) is 0 Å². The molecule has 1 unspecified atom stereocenters. The number of anilines is 4. The number of nitrogens with zero attached hydrogens (tertiary/aromatic N) is 3. The van der Waals surface area contributed by atoms with Gasteiger partial charge in [0.1, 0.15) is 5.75 Å². The third-order valence-corrected chi connectivity index (χ3v) is 6.78. The Morgan fingerprint density at radius 3 is 2.26 bits per heavy atom. The van der Waals surface area contributed by atoms with E-state index >= 15 is 0 Å². The lowest BCUT2D eigenvalue weighted by Crippen LogP contribution is -2.47. The molecule has 1 aliphatic heterocycles. The lowest BCUT2D eigenvalue weighted by Gasteiger charge is -2.38. The van der Waals surface area contributed by atoms with E-state index in [0.29, 0.717) is 22.5 Å². The molecule has 202 valence electrons. The molecule has 0 aliphatic carbocycles. The Balaban J connectivity index is 1.52. The molecule has 3 aromatic rings. The van der Waals surface area contributed by atoms with E-state index in [9.17, 15) is 9.59 Å². The number of ether oxygens (including phenoxy) is 1. The van der Waals surface area contributed by atoms with Gasteiger partial charge in [-0.25, -0.2) is 4.79 Å². The van der Waals surface area contributed by atoms with Crippen molar-refractivity contribution in [3.8, 4) is 11.8 Å². The molecule has 1 fully saturated rings. The number of nitrogens with one attached hydrogen (secondary N) is 3. The summed E-state index contributed by atoms with van der Waals surface area (Å²) in [7, 11) is 1.68. The summed E-state index contributed by atoms with van der Waals surface area (Å²) < 4.78 is 5.54. The standard InChI is InChI=1S/C30H34N6O3/c1-4-21(2)32-29(37)25-19-24(34-30(38)33-23-9-7-8-22(18-23)20-31)12-13-26(25)35-14-16-36(17-15-35)27-10-5-6-11-28(27)39-3/h5-13,18-19,21H,4,14-17H2,1-3H3,(H,32,37)(H2,33,34,38). The number of hydrogen-bond acceptors (Lipinski definition) is 6. The summed E-state index contributed by atoms with van der Waals surface area (Å²) in [6, 6.07) is 21.7. The number of amides is 3. The van der Waals surface area contributed by atoms with Crippen molar-refractivity contribution in [2.45, 2.75) is 26.3 Å². The Morgan fingerprint density at radius 2 is 1.59 bits per heavy atom. The van der Waals surface area contributed by atoms with E-state index in [4.69, 9.17) is 10.00 Å². The van der Waals surface area contributed by atoms with Crippen molar-refractivity contribution in [1.82, 2.24) is 5.32 Å². The van der Waals surface area contributed by atoms with Gasteiger partial charge in [0.25, 0.3) is 5.91 Å². The van der Waals surface area contributed by atoms with Gasteiger partial charge in [-0.3, -0.25) is 4.79 Å². The van der Waals surface area contributed by atoms with Crippen LogP contribution in [0.15, 0.2) is 66.7 Å². The molecule has 0 aromatic heterocycles. The first-order valence-corrected chi connectivity index (χ1v) is 13.1. The second-order valence-electron chi connectivity index (χ2n) is 9.43. The lowest BCUT2D eigenvalue weighted by atomic mass is 10.1. The molecule has 1 heterocycles. The molecule has 1 saturated heterocycles. The average molecular weight is 527 g/mol. The Morgan fingerprint density at radius 1 is 0.923 bits per heavy atom. The molecule has 0 spiro atoms. The van der Waals surface area contributed by atoms with Gasteiger partial charge in [-0.1, -0.05) is 25.1 Å². The van der Waals surface area contributed by atoms with Crippen LogP contribution in [0.4, 0.5) is 27.5 Å². The first-order chi connectivity index (χ1) is 18.9. The fourth-order valence-corrected chi connectivity index (χ4v) is 4.51. The summed E-state index contributed by atoms with van der Waals surface area (Å²) in [6.07, 6.45) is 0.806. The number of benzene rings is 3. The fraction of sp³-hybridized carbons (Fsp3) is 0.300. The lowest BCUT2D eigenvalue weighted by molar-refractivity contribution is 0.0939. The quantitative estimate of drug-likeness (QED) is 0.378. The third-order valence-electron chi connectivity index (χ3n) is 6.78. The maximum Gasteiger partial charge on any atom is 0.323 e. The minimum atomic E-state index is -0.462. The molecule has 9 heteroatoms. The minimum Gasteiger partial charge on any atom is -0.495 e. The molecule has 0 radical (unpaired) electrons. The molecule has 0 bridgehead atoms. The topological polar surface area (TPSA) is 110 Å². The Labute approximate surface area is 229 Å². The van der Waals surface area contributed by atoms with E-state index in [2.05, 4.69) is 37.9 Å². The van der Waals surface area contributed by atoms with Crippen molar-refractivity contribution in [1.29, 1.82) is 5.26 Å². The molecule has 4 rings (SSSR count). The number of hydrogen-bond donors (Lipinski definition) is 3. The molecule has 0 saturated carbocycles. The van der Waals surface area contributed by atoms with Gasteiger partial charge in [0.2, 0.25) is 0 Å². The van der Waals surface area contributed by atoms with Crippen LogP contribution in [-0.4, -0.2) is 51.3 Å². The normalized spacial score (nSPS) is 13.7. The Hall–Kier alpha value is -4.71. The summed E-state index contributed by atoms with van der Waals surface area (Å²) >= 11 is 0. The van der Waals surface area contributed by atoms with Gasteiger partial charge in [-0.05, 0) is 61.9 Å².